The molecule has 10 aromatic rings. The number of hydrogen-bond acceptors (Lipinski definition) is 3. The number of aromatic nitrogens is 2. The number of para-hydroxylation sites is 2. The minimum Gasteiger partial charge on any atom is -0.456 e. The van der Waals surface area contributed by atoms with Crippen molar-refractivity contribution in [1.29, 1.82) is 0 Å². The quantitative estimate of drug-likeness (QED) is 0.178. The monoisotopic (exact) mass is 768 g/mol. The zero-order valence-corrected chi connectivity index (χ0v) is 33.4. The molecule has 272 valence electrons. The summed E-state index contributed by atoms with van der Waals surface area (Å²) in [7, 11) is 0. The Hall–Kier alpha value is -6.14. The summed E-state index contributed by atoms with van der Waals surface area (Å²) in [5, 5.41) is 5.91. The van der Waals surface area contributed by atoms with E-state index in [1.54, 1.807) is 0 Å². The Bertz CT molecular complexity index is 3430. The Morgan fingerprint density at radius 1 is 0.579 bits per heavy atom. The first-order chi connectivity index (χ1) is 27.9. The van der Waals surface area contributed by atoms with E-state index in [4.69, 9.17) is 4.42 Å². The van der Waals surface area contributed by atoms with E-state index in [2.05, 4.69) is 170 Å². The highest BCUT2D eigenvalue weighted by molar-refractivity contribution is 8.05. The Labute approximate surface area is 338 Å². The minimum atomic E-state index is -0.237. The number of hydrogen-bond donors (Lipinski definition) is 0. The second-order valence-corrected chi connectivity index (χ2v) is 17.8. The predicted octanol–water partition coefficient (Wildman–Crippen LogP) is 15.2. The van der Waals surface area contributed by atoms with Crippen LogP contribution in [-0.2, 0) is 5.41 Å². The van der Waals surface area contributed by atoms with Crippen molar-refractivity contribution in [2.45, 2.75) is 45.8 Å². The van der Waals surface area contributed by atoms with Gasteiger partial charge in [0.15, 0.2) is 0 Å². The highest BCUT2D eigenvalue weighted by Gasteiger charge is 2.40. The van der Waals surface area contributed by atoms with Gasteiger partial charge in [0.05, 0.1) is 22.2 Å². The maximum absolute atomic E-state index is 6.22. The van der Waals surface area contributed by atoms with Gasteiger partial charge in [0.2, 0.25) is 0 Å². The summed E-state index contributed by atoms with van der Waals surface area (Å²) in [4.78, 5) is 5.34. The smallest absolute Gasteiger partial charge is 0.135 e. The summed E-state index contributed by atoms with van der Waals surface area (Å²) in [6.45, 7) is 11.3. The van der Waals surface area contributed by atoms with Crippen molar-refractivity contribution in [2.24, 2.45) is 0 Å². The van der Waals surface area contributed by atoms with Crippen LogP contribution in [0.1, 0.15) is 43.2 Å². The molecular formula is C52H36N2OS2. The van der Waals surface area contributed by atoms with E-state index in [-0.39, 0.29) is 5.41 Å². The van der Waals surface area contributed by atoms with Gasteiger partial charge in [-0.05, 0) is 108 Å². The van der Waals surface area contributed by atoms with Crippen LogP contribution < -0.4 is 0 Å². The molecule has 2 aliphatic rings. The molecule has 0 atom stereocenters. The number of benzene rings is 7. The van der Waals surface area contributed by atoms with E-state index in [0.29, 0.717) is 0 Å². The highest BCUT2D eigenvalue weighted by atomic mass is 32.2. The van der Waals surface area contributed by atoms with Crippen LogP contribution in [0.4, 0.5) is 0 Å². The molecule has 3 aromatic heterocycles. The van der Waals surface area contributed by atoms with Crippen LogP contribution in [0, 0.1) is 0 Å². The Morgan fingerprint density at radius 2 is 1.25 bits per heavy atom. The van der Waals surface area contributed by atoms with Crippen molar-refractivity contribution in [3.63, 3.8) is 0 Å². The first-order valence-corrected chi connectivity index (χ1v) is 21.1. The van der Waals surface area contributed by atoms with Gasteiger partial charge in [-0.25, -0.2) is 0 Å². The molecule has 5 heteroatoms. The van der Waals surface area contributed by atoms with Crippen LogP contribution in [0.5, 0.6) is 0 Å². The lowest BCUT2D eigenvalue weighted by atomic mass is 9.81. The average molecular weight is 769 g/mol. The van der Waals surface area contributed by atoms with Crippen LogP contribution in [0.15, 0.2) is 170 Å². The van der Waals surface area contributed by atoms with Crippen LogP contribution in [0.2, 0.25) is 0 Å². The molecule has 0 N–H and O–H groups in total. The molecule has 0 spiro atoms. The Kier molecular flexibility index (Phi) is 6.92. The van der Waals surface area contributed by atoms with Crippen molar-refractivity contribution in [3.8, 4) is 22.5 Å². The fraction of sp³-hybridized carbons (Fsp3) is 0.0769. The van der Waals surface area contributed by atoms with Gasteiger partial charge in [-0.15, -0.1) is 0 Å². The van der Waals surface area contributed by atoms with Crippen molar-refractivity contribution >= 4 is 90.3 Å². The molecular weight excluding hydrogens is 733 g/mol. The van der Waals surface area contributed by atoms with Gasteiger partial charge < -0.3 is 13.6 Å². The van der Waals surface area contributed by atoms with Crippen molar-refractivity contribution in [3.05, 3.63) is 168 Å². The third kappa shape index (κ3) is 4.53. The lowest BCUT2D eigenvalue weighted by Gasteiger charge is -2.25. The summed E-state index contributed by atoms with van der Waals surface area (Å²) in [5.74, 6) is 0. The maximum Gasteiger partial charge on any atom is 0.135 e. The van der Waals surface area contributed by atoms with E-state index in [1.165, 1.54) is 74.5 Å². The number of allylic oxidation sites excluding steroid dienone is 1. The van der Waals surface area contributed by atoms with Crippen LogP contribution in [-0.4, -0.2) is 9.13 Å². The molecule has 3 nitrogen and oxygen atoms in total. The van der Waals surface area contributed by atoms with Gasteiger partial charge in [0.1, 0.15) is 11.2 Å². The molecule has 57 heavy (non-hydrogen) atoms. The van der Waals surface area contributed by atoms with Crippen molar-refractivity contribution < 1.29 is 4.42 Å². The second kappa shape index (κ2) is 11.9. The molecule has 0 saturated carbocycles. The topological polar surface area (TPSA) is 23.0 Å². The first kappa shape index (κ1) is 33.0. The number of furan rings is 1. The second-order valence-electron chi connectivity index (χ2n) is 15.7. The van der Waals surface area contributed by atoms with E-state index >= 15 is 0 Å². The van der Waals surface area contributed by atoms with Gasteiger partial charge in [0.25, 0.3) is 0 Å². The van der Waals surface area contributed by atoms with Gasteiger partial charge in [-0.3, -0.25) is 0 Å². The largest absolute Gasteiger partial charge is 0.456 e. The molecule has 0 amide bonds. The fourth-order valence-corrected chi connectivity index (χ4v) is 12.0. The number of rotatable bonds is 4. The van der Waals surface area contributed by atoms with Crippen LogP contribution in [0.3, 0.4) is 0 Å². The maximum atomic E-state index is 6.22. The SMILES string of the molecule is C=Cc1c(/C=C\C)n(-c2ccc3c(c2)c2ccccc2n3-c2ccc3oc4ccccc4c3c2)c2c3c(ccc12)-c1cc2c(cc1C3(C)C)Sc1ccccc1S2. The van der Waals surface area contributed by atoms with Crippen LogP contribution in [0.25, 0.3) is 89.3 Å². The lowest BCUT2D eigenvalue weighted by molar-refractivity contribution is 0.660. The zero-order chi connectivity index (χ0) is 38.2. The number of fused-ring (bicyclic) bond motifs is 13. The van der Waals surface area contributed by atoms with E-state index < -0.39 is 0 Å². The molecule has 4 heterocycles. The zero-order valence-electron chi connectivity index (χ0n) is 31.8. The van der Waals surface area contributed by atoms with Crippen molar-refractivity contribution in [1.82, 2.24) is 9.13 Å². The van der Waals surface area contributed by atoms with Gasteiger partial charge >= 0.3 is 0 Å². The predicted molar refractivity (Wildman–Crippen MR) is 242 cm³/mol. The lowest BCUT2D eigenvalue weighted by Crippen LogP contribution is -2.17. The van der Waals surface area contributed by atoms with E-state index in [9.17, 15) is 0 Å². The molecule has 0 fully saturated rings. The summed E-state index contributed by atoms with van der Waals surface area (Å²) in [6, 6.07) is 49.1. The van der Waals surface area contributed by atoms with Crippen LogP contribution >= 0.6 is 23.5 Å². The van der Waals surface area contributed by atoms with Gasteiger partial charge in [0, 0.05) is 68.9 Å². The molecule has 12 rings (SSSR count). The minimum absolute atomic E-state index is 0.237. The summed E-state index contributed by atoms with van der Waals surface area (Å²) in [6.07, 6.45) is 6.44. The standard InChI is InChI=1S/C52H36N2OS2/c1-5-13-41-32(6-2)36-23-22-35-37-28-48-49(57-47-19-12-11-18-46(47)56-48)29-40(37)52(3,4)50(35)51(36)54(41)31-20-24-43-38(26-31)33-14-7-9-16-42(33)53(43)30-21-25-45-39(27-30)34-15-8-10-17-44(34)55-45/h5-29H,2H2,1,3-4H3/b13-5-. The molecule has 0 saturated heterocycles. The molecule has 0 radical (unpaired) electrons. The first-order valence-electron chi connectivity index (χ1n) is 19.5. The fourth-order valence-electron chi connectivity index (χ4n) is 9.76. The third-order valence-corrected chi connectivity index (χ3v) is 14.8. The normalized spacial score (nSPS) is 14.2. The summed E-state index contributed by atoms with van der Waals surface area (Å²) in [5.41, 5.74) is 15.1. The highest BCUT2D eigenvalue weighted by Crippen LogP contribution is 2.57. The molecule has 1 aliphatic carbocycles. The molecule has 1 aliphatic heterocycles. The third-order valence-electron chi connectivity index (χ3n) is 12.2. The number of nitrogens with zero attached hydrogens (tertiary/aromatic N) is 2. The van der Waals surface area contributed by atoms with Gasteiger partial charge in [-0.1, -0.05) is 117 Å². The van der Waals surface area contributed by atoms with Crippen molar-refractivity contribution in [2.75, 3.05) is 0 Å². The Balaban J connectivity index is 1.10. The summed E-state index contributed by atoms with van der Waals surface area (Å²) >= 11 is 3.79. The summed E-state index contributed by atoms with van der Waals surface area (Å²) < 4.78 is 11.1. The van der Waals surface area contributed by atoms with E-state index in [0.717, 1.165) is 44.6 Å². The van der Waals surface area contributed by atoms with E-state index in [1.807, 2.05) is 41.7 Å². The molecule has 0 unspecified atom stereocenters. The molecule has 7 aromatic carbocycles. The average Bonchev–Trinajstić information content (AvgIpc) is 3.93. The Morgan fingerprint density at radius 3 is 2.05 bits per heavy atom. The van der Waals surface area contributed by atoms with Gasteiger partial charge in [-0.2, -0.15) is 0 Å². The molecule has 0 bridgehead atoms.